The van der Waals surface area contributed by atoms with E-state index >= 15 is 0 Å². The number of benzene rings is 1. The summed E-state index contributed by atoms with van der Waals surface area (Å²) in [7, 11) is 0. The van der Waals surface area contributed by atoms with Gasteiger partial charge in [-0.25, -0.2) is 14.8 Å². The first-order valence-electron chi connectivity index (χ1n) is 6.19. The van der Waals surface area contributed by atoms with Gasteiger partial charge in [-0.2, -0.15) is 0 Å². The number of aromatic nitrogens is 2. The fraction of sp³-hybridized carbons (Fsp3) is 0. The second-order valence-corrected chi connectivity index (χ2v) is 4.37. The van der Waals surface area contributed by atoms with Crippen molar-refractivity contribution in [3.63, 3.8) is 0 Å². The van der Waals surface area contributed by atoms with Crippen LogP contribution in [0, 0.1) is 0 Å². The van der Waals surface area contributed by atoms with Gasteiger partial charge in [-0.15, -0.1) is 12.4 Å². The Bertz CT molecular complexity index is 825. The zero-order valence-electron chi connectivity index (χ0n) is 11.2. The zero-order valence-corrected chi connectivity index (χ0v) is 12.0. The van der Waals surface area contributed by atoms with Crippen LogP contribution in [-0.4, -0.2) is 26.2 Å². The summed E-state index contributed by atoms with van der Waals surface area (Å²) in [5.41, 5.74) is 0.737. The van der Waals surface area contributed by atoms with Gasteiger partial charge in [0.25, 0.3) is 0 Å². The van der Waals surface area contributed by atoms with Crippen LogP contribution < -0.4 is 5.32 Å². The number of hydrogen-bond acceptors (Lipinski definition) is 5. The SMILES string of the molecule is Cl.O=C(O)c1cc(O)c2cccc(Nc3ccccn3)c2n1. The highest BCUT2D eigenvalue weighted by molar-refractivity contribution is 5.99. The molecule has 22 heavy (non-hydrogen) atoms. The number of hydrogen-bond donors (Lipinski definition) is 3. The number of aromatic carboxylic acids is 1. The topological polar surface area (TPSA) is 95.3 Å². The smallest absolute Gasteiger partial charge is 0.354 e. The van der Waals surface area contributed by atoms with Gasteiger partial charge in [0.15, 0.2) is 5.69 Å². The lowest BCUT2D eigenvalue weighted by Gasteiger charge is -2.10. The van der Waals surface area contributed by atoms with Crippen LogP contribution in [-0.2, 0) is 0 Å². The molecule has 2 aromatic heterocycles. The average molecular weight is 318 g/mol. The molecule has 1 aromatic carbocycles. The van der Waals surface area contributed by atoms with Gasteiger partial charge in [-0.3, -0.25) is 0 Å². The molecule has 3 N–H and O–H groups in total. The highest BCUT2D eigenvalue weighted by atomic mass is 35.5. The number of fused-ring (bicyclic) bond motifs is 1. The van der Waals surface area contributed by atoms with Crippen LogP contribution >= 0.6 is 12.4 Å². The molecule has 0 saturated heterocycles. The molecule has 0 aliphatic carbocycles. The molecule has 0 spiro atoms. The molecule has 0 atom stereocenters. The first kappa shape index (κ1) is 15.5. The van der Waals surface area contributed by atoms with Crippen LogP contribution in [0.3, 0.4) is 0 Å². The summed E-state index contributed by atoms with van der Waals surface area (Å²) >= 11 is 0. The molecule has 112 valence electrons. The van der Waals surface area contributed by atoms with Gasteiger partial charge < -0.3 is 15.5 Å². The summed E-state index contributed by atoms with van der Waals surface area (Å²) in [6.45, 7) is 0. The van der Waals surface area contributed by atoms with E-state index in [1.807, 2.05) is 6.07 Å². The van der Waals surface area contributed by atoms with Gasteiger partial charge >= 0.3 is 5.97 Å². The maximum absolute atomic E-state index is 11.1. The van der Waals surface area contributed by atoms with E-state index in [4.69, 9.17) is 5.11 Å². The third kappa shape index (κ3) is 2.91. The first-order chi connectivity index (χ1) is 10.1. The van der Waals surface area contributed by atoms with Crippen molar-refractivity contribution in [2.75, 3.05) is 5.32 Å². The zero-order chi connectivity index (χ0) is 14.8. The lowest BCUT2D eigenvalue weighted by Crippen LogP contribution is -2.02. The monoisotopic (exact) mass is 317 g/mol. The molecule has 0 aliphatic heterocycles. The van der Waals surface area contributed by atoms with Crippen LogP contribution in [0.2, 0.25) is 0 Å². The van der Waals surface area contributed by atoms with E-state index in [9.17, 15) is 9.90 Å². The van der Waals surface area contributed by atoms with E-state index in [-0.39, 0.29) is 23.9 Å². The van der Waals surface area contributed by atoms with Crippen molar-refractivity contribution in [1.29, 1.82) is 0 Å². The van der Waals surface area contributed by atoms with Gasteiger partial charge in [0.1, 0.15) is 11.6 Å². The summed E-state index contributed by atoms with van der Waals surface area (Å²) < 4.78 is 0. The van der Waals surface area contributed by atoms with E-state index in [2.05, 4.69) is 15.3 Å². The van der Waals surface area contributed by atoms with Crippen molar-refractivity contribution in [2.24, 2.45) is 0 Å². The fourth-order valence-corrected chi connectivity index (χ4v) is 2.02. The molecular formula is C15H12ClN3O3. The lowest BCUT2D eigenvalue weighted by molar-refractivity contribution is 0.0690. The predicted molar refractivity (Wildman–Crippen MR) is 85.1 cm³/mol. The van der Waals surface area contributed by atoms with Crippen molar-refractivity contribution in [3.8, 4) is 5.75 Å². The Morgan fingerprint density at radius 2 is 1.95 bits per heavy atom. The summed E-state index contributed by atoms with van der Waals surface area (Å²) in [5.74, 6) is -0.714. The minimum absolute atomic E-state index is 0. The second-order valence-electron chi connectivity index (χ2n) is 4.37. The number of carboxylic acids is 1. The van der Waals surface area contributed by atoms with Gasteiger partial charge in [0, 0.05) is 17.6 Å². The number of carboxylic acid groups (broad SMARTS) is 1. The van der Waals surface area contributed by atoms with Gasteiger partial charge in [0.05, 0.1) is 11.2 Å². The predicted octanol–water partition coefficient (Wildman–Crippen LogP) is 3.20. The maximum Gasteiger partial charge on any atom is 0.354 e. The Morgan fingerprint density at radius 3 is 2.64 bits per heavy atom. The van der Waals surface area contributed by atoms with E-state index in [0.29, 0.717) is 22.4 Å². The van der Waals surface area contributed by atoms with E-state index in [1.54, 1.807) is 36.5 Å². The molecular weight excluding hydrogens is 306 g/mol. The number of carbonyl (C=O) groups is 1. The molecule has 6 nitrogen and oxygen atoms in total. The van der Waals surface area contributed by atoms with Crippen molar-refractivity contribution < 1.29 is 15.0 Å². The molecule has 0 radical (unpaired) electrons. The Morgan fingerprint density at radius 1 is 1.14 bits per heavy atom. The largest absolute Gasteiger partial charge is 0.507 e. The van der Waals surface area contributed by atoms with E-state index in [0.717, 1.165) is 6.07 Å². The quantitative estimate of drug-likeness (QED) is 0.686. The van der Waals surface area contributed by atoms with E-state index < -0.39 is 5.97 Å². The molecule has 0 unspecified atom stereocenters. The van der Waals surface area contributed by atoms with Crippen LogP contribution in [0.1, 0.15) is 10.5 Å². The minimum Gasteiger partial charge on any atom is -0.507 e. The standard InChI is InChI=1S/C15H11N3O3.ClH/c19-12-8-11(15(20)21)18-14-9(12)4-3-5-10(14)17-13-6-1-2-7-16-13;/h1-8H,(H,16,17)(H,18,19)(H,20,21);1H. The molecule has 0 amide bonds. The van der Waals surface area contributed by atoms with Crippen LogP contribution in [0.4, 0.5) is 11.5 Å². The van der Waals surface area contributed by atoms with Crippen LogP contribution in [0.15, 0.2) is 48.7 Å². The normalized spacial score (nSPS) is 10.0. The number of nitrogens with zero attached hydrogens (tertiary/aromatic N) is 2. The van der Waals surface area contributed by atoms with Gasteiger partial charge in [-0.05, 0) is 24.3 Å². The number of nitrogens with one attached hydrogen (secondary N) is 1. The van der Waals surface area contributed by atoms with Crippen LogP contribution in [0.5, 0.6) is 5.75 Å². The summed E-state index contributed by atoms with van der Waals surface area (Å²) in [6.07, 6.45) is 1.64. The molecule has 3 rings (SSSR count). The van der Waals surface area contributed by atoms with Crippen molar-refractivity contribution >= 4 is 40.8 Å². The van der Waals surface area contributed by atoms with Gasteiger partial charge in [-0.1, -0.05) is 12.1 Å². The Kier molecular flexibility index (Phi) is 4.43. The summed E-state index contributed by atoms with van der Waals surface area (Å²) in [5, 5.41) is 22.5. The minimum atomic E-state index is -1.19. The summed E-state index contributed by atoms with van der Waals surface area (Å²) in [6, 6.07) is 11.7. The number of pyridine rings is 2. The van der Waals surface area contributed by atoms with Crippen LogP contribution in [0.25, 0.3) is 10.9 Å². The molecule has 3 aromatic rings. The van der Waals surface area contributed by atoms with E-state index in [1.165, 1.54) is 0 Å². The number of para-hydroxylation sites is 1. The number of halogens is 1. The number of rotatable bonds is 3. The number of aromatic hydroxyl groups is 1. The molecule has 0 fully saturated rings. The van der Waals surface area contributed by atoms with Crippen molar-refractivity contribution in [1.82, 2.24) is 9.97 Å². The molecule has 2 heterocycles. The third-order valence-electron chi connectivity index (χ3n) is 2.96. The Labute approximate surface area is 131 Å². The Balaban J connectivity index is 0.00000176. The highest BCUT2D eigenvalue weighted by Crippen LogP contribution is 2.30. The lowest BCUT2D eigenvalue weighted by atomic mass is 10.1. The van der Waals surface area contributed by atoms with Crippen molar-refractivity contribution in [2.45, 2.75) is 0 Å². The Hall–Kier alpha value is -2.86. The fourth-order valence-electron chi connectivity index (χ4n) is 2.02. The molecule has 0 aliphatic rings. The maximum atomic E-state index is 11.1. The molecule has 7 heteroatoms. The molecule has 0 bridgehead atoms. The highest BCUT2D eigenvalue weighted by Gasteiger charge is 2.13. The first-order valence-corrected chi connectivity index (χ1v) is 6.19. The van der Waals surface area contributed by atoms with Crippen molar-refractivity contribution in [3.05, 3.63) is 54.4 Å². The van der Waals surface area contributed by atoms with Gasteiger partial charge in [0.2, 0.25) is 0 Å². The number of anilines is 2. The second kappa shape index (κ2) is 6.28. The average Bonchev–Trinajstić information content (AvgIpc) is 2.49. The summed E-state index contributed by atoms with van der Waals surface area (Å²) in [4.78, 5) is 19.3. The third-order valence-corrected chi connectivity index (χ3v) is 2.96. The molecule has 0 saturated carbocycles.